The molecular weight excluding hydrogens is 226 g/mol. The Labute approximate surface area is 101 Å². The van der Waals surface area contributed by atoms with E-state index in [9.17, 15) is 4.79 Å². The predicted octanol–water partition coefficient (Wildman–Crippen LogP) is 1.99. The summed E-state index contributed by atoms with van der Waals surface area (Å²) < 4.78 is 5.28. The Morgan fingerprint density at radius 3 is 2.88 bits per heavy atom. The molecule has 0 aliphatic carbocycles. The first-order chi connectivity index (χ1) is 7.69. The second kappa shape index (κ2) is 6.51. The van der Waals surface area contributed by atoms with Gasteiger partial charge in [-0.05, 0) is 43.1 Å². The van der Waals surface area contributed by atoms with Crippen molar-refractivity contribution in [2.24, 2.45) is 0 Å². The highest BCUT2D eigenvalue weighted by molar-refractivity contribution is 6.31. The fraction of sp³-hybridized carbons (Fsp3) is 0.417. The van der Waals surface area contributed by atoms with Crippen molar-refractivity contribution in [2.75, 3.05) is 20.2 Å². The molecule has 1 aromatic rings. The van der Waals surface area contributed by atoms with E-state index >= 15 is 0 Å². The average molecular weight is 242 g/mol. The molecule has 1 rings (SSSR count). The van der Waals surface area contributed by atoms with Crippen LogP contribution in [0.2, 0.25) is 5.02 Å². The number of benzene rings is 1. The zero-order valence-corrected chi connectivity index (χ0v) is 10.3. The topological polar surface area (TPSA) is 38.3 Å². The van der Waals surface area contributed by atoms with Gasteiger partial charge in [0.25, 0.3) is 0 Å². The lowest BCUT2D eigenvalue weighted by Gasteiger charge is -2.10. The molecule has 0 aliphatic heterocycles. The summed E-state index contributed by atoms with van der Waals surface area (Å²) in [6, 6.07) is 3.84. The Balaban J connectivity index is 2.70. The van der Waals surface area contributed by atoms with E-state index in [1.807, 2.05) is 19.1 Å². The third kappa shape index (κ3) is 3.51. The Hall–Kier alpha value is -1.06. The summed E-state index contributed by atoms with van der Waals surface area (Å²) in [4.78, 5) is 10.1. The molecule has 3 nitrogen and oxygen atoms in total. The van der Waals surface area contributed by atoms with E-state index in [0.717, 1.165) is 41.2 Å². The quantitative estimate of drug-likeness (QED) is 0.612. The van der Waals surface area contributed by atoms with Crippen LogP contribution in [-0.2, 0) is 11.2 Å². The van der Waals surface area contributed by atoms with E-state index in [0.29, 0.717) is 6.54 Å². The van der Waals surface area contributed by atoms with Gasteiger partial charge in [-0.15, -0.1) is 0 Å². The molecule has 0 aromatic heterocycles. The predicted molar refractivity (Wildman–Crippen MR) is 65.4 cm³/mol. The van der Waals surface area contributed by atoms with Crippen molar-refractivity contribution in [1.82, 2.24) is 5.32 Å². The highest BCUT2D eigenvalue weighted by Gasteiger charge is 2.06. The first kappa shape index (κ1) is 13.0. The lowest BCUT2D eigenvalue weighted by molar-refractivity contribution is -0.107. The number of halogens is 1. The van der Waals surface area contributed by atoms with Crippen molar-refractivity contribution < 1.29 is 9.53 Å². The number of carbonyl (C=O) groups excluding carboxylic acids is 1. The van der Waals surface area contributed by atoms with Crippen molar-refractivity contribution in [2.45, 2.75) is 13.3 Å². The number of ether oxygens (including phenoxy) is 1. The number of aldehydes is 1. The minimum Gasteiger partial charge on any atom is -0.496 e. The van der Waals surface area contributed by atoms with E-state index in [-0.39, 0.29) is 0 Å². The van der Waals surface area contributed by atoms with Crippen LogP contribution in [0.25, 0.3) is 0 Å². The van der Waals surface area contributed by atoms with E-state index in [1.165, 1.54) is 0 Å². The first-order valence-corrected chi connectivity index (χ1v) is 5.54. The molecule has 0 bridgehead atoms. The summed E-state index contributed by atoms with van der Waals surface area (Å²) in [7, 11) is 1.64. The molecule has 0 unspecified atom stereocenters. The molecule has 0 saturated carbocycles. The third-order valence-electron chi connectivity index (χ3n) is 2.36. The van der Waals surface area contributed by atoms with Crippen LogP contribution >= 0.6 is 11.6 Å². The SMILES string of the molecule is COc1cc(C)c(Cl)cc1CCNCC=O. The summed E-state index contributed by atoms with van der Waals surface area (Å²) in [6.45, 7) is 3.05. The smallest absolute Gasteiger partial charge is 0.133 e. The van der Waals surface area contributed by atoms with Gasteiger partial charge in [-0.2, -0.15) is 0 Å². The van der Waals surface area contributed by atoms with Crippen LogP contribution in [0.5, 0.6) is 5.75 Å². The molecule has 0 spiro atoms. The molecule has 88 valence electrons. The minimum absolute atomic E-state index is 0.377. The van der Waals surface area contributed by atoms with Gasteiger partial charge in [0.05, 0.1) is 13.7 Å². The molecule has 0 saturated heterocycles. The second-order valence-electron chi connectivity index (χ2n) is 3.53. The fourth-order valence-electron chi connectivity index (χ4n) is 1.47. The third-order valence-corrected chi connectivity index (χ3v) is 2.77. The minimum atomic E-state index is 0.377. The monoisotopic (exact) mass is 241 g/mol. The number of carbonyl (C=O) groups is 1. The average Bonchev–Trinajstić information content (AvgIpc) is 2.28. The number of hydrogen-bond donors (Lipinski definition) is 1. The van der Waals surface area contributed by atoms with Crippen LogP contribution in [0, 0.1) is 6.92 Å². The summed E-state index contributed by atoms with van der Waals surface area (Å²) >= 11 is 6.05. The lowest BCUT2D eigenvalue weighted by atomic mass is 10.1. The van der Waals surface area contributed by atoms with Crippen LogP contribution in [-0.4, -0.2) is 26.5 Å². The van der Waals surface area contributed by atoms with E-state index in [1.54, 1.807) is 7.11 Å². The maximum absolute atomic E-state index is 10.1. The van der Waals surface area contributed by atoms with Crippen LogP contribution < -0.4 is 10.1 Å². The standard InChI is InChI=1S/C12H16ClNO2/c1-9-7-12(16-2)10(8-11(9)13)3-4-14-5-6-15/h6-8,14H,3-5H2,1-2H3. The van der Waals surface area contributed by atoms with E-state index in [2.05, 4.69) is 5.32 Å². The van der Waals surface area contributed by atoms with Gasteiger partial charge in [0, 0.05) is 5.02 Å². The normalized spacial score (nSPS) is 10.2. The van der Waals surface area contributed by atoms with Crippen LogP contribution in [0.3, 0.4) is 0 Å². The maximum atomic E-state index is 10.1. The zero-order valence-electron chi connectivity index (χ0n) is 9.55. The molecule has 0 radical (unpaired) electrons. The second-order valence-corrected chi connectivity index (χ2v) is 3.94. The van der Waals surface area contributed by atoms with Crippen molar-refractivity contribution in [3.05, 3.63) is 28.3 Å². The summed E-state index contributed by atoms with van der Waals surface area (Å²) in [6.07, 6.45) is 1.64. The number of methoxy groups -OCH3 is 1. The van der Waals surface area contributed by atoms with Gasteiger partial charge in [0.15, 0.2) is 0 Å². The molecule has 1 N–H and O–H groups in total. The molecule has 0 atom stereocenters. The van der Waals surface area contributed by atoms with Gasteiger partial charge in [-0.1, -0.05) is 11.6 Å². The van der Waals surface area contributed by atoms with E-state index < -0.39 is 0 Å². The molecule has 1 aromatic carbocycles. The highest BCUT2D eigenvalue weighted by Crippen LogP contribution is 2.26. The molecule has 16 heavy (non-hydrogen) atoms. The van der Waals surface area contributed by atoms with Gasteiger partial charge in [0.2, 0.25) is 0 Å². The Morgan fingerprint density at radius 2 is 2.25 bits per heavy atom. The molecule has 0 heterocycles. The van der Waals surface area contributed by atoms with Crippen molar-refractivity contribution in [3.63, 3.8) is 0 Å². The summed E-state index contributed by atoms with van der Waals surface area (Å²) in [5, 5.41) is 3.74. The maximum Gasteiger partial charge on any atom is 0.133 e. The number of hydrogen-bond acceptors (Lipinski definition) is 3. The van der Waals surface area contributed by atoms with Crippen molar-refractivity contribution in [1.29, 1.82) is 0 Å². The molecule has 0 aliphatic rings. The summed E-state index contributed by atoms with van der Waals surface area (Å²) in [5.74, 6) is 0.842. The van der Waals surface area contributed by atoms with Crippen molar-refractivity contribution in [3.8, 4) is 5.75 Å². The highest BCUT2D eigenvalue weighted by atomic mass is 35.5. The molecule has 4 heteroatoms. The van der Waals surface area contributed by atoms with Gasteiger partial charge in [0.1, 0.15) is 12.0 Å². The molecule has 0 fully saturated rings. The zero-order chi connectivity index (χ0) is 12.0. The number of rotatable bonds is 6. The van der Waals surface area contributed by atoms with E-state index in [4.69, 9.17) is 16.3 Å². The van der Waals surface area contributed by atoms with Crippen LogP contribution in [0.1, 0.15) is 11.1 Å². The lowest BCUT2D eigenvalue weighted by Crippen LogP contribution is -2.19. The van der Waals surface area contributed by atoms with Gasteiger partial charge >= 0.3 is 0 Å². The van der Waals surface area contributed by atoms with Crippen molar-refractivity contribution >= 4 is 17.9 Å². The summed E-state index contributed by atoms with van der Waals surface area (Å²) in [5.41, 5.74) is 2.06. The van der Waals surface area contributed by atoms with Crippen LogP contribution in [0.15, 0.2) is 12.1 Å². The van der Waals surface area contributed by atoms with Gasteiger partial charge < -0.3 is 14.8 Å². The van der Waals surface area contributed by atoms with Gasteiger partial charge in [-0.25, -0.2) is 0 Å². The largest absolute Gasteiger partial charge is 0.496 e. The van der Waals surface area contributed by atoms with Crippen LogP contribution in [0.4, 0.5) is 0 Å². The Kier molecular flexibility index (Phi) is 5.29. The molecular formula is C12H16ClNO2. The number of aryl methyl sites for hydroxylation is 1. The Bertz CT molecular complexity index is 366. The number of nitrogens with one attached hydrogen (secondary N) is 1. The van der Waals surface area contributed by atoms with Gasteiger partial charge in [-0.3, -0.25) is 0 Å². The molecule has 0 amide bonds. The fourth-order valence-corrected chi connectivity index (χ4v) is 1.65. The Morgan fingerprint density at radius 1 is 1.50 bits per heavy atom. The first-order valence-electron chi connectivity index (χ1n) is 5.16.